The average Bonchev–Trinajstić information content (AvgIpc) is 2.47. The highest BCUT2D eigenvalue weighted by Gasteiger charge is 2.05. The third-order valence-electron chi connectivity index (χ3n) is 2.57. The van der Waals surface area contributed by atoms with Gasteiger partial charge in [0.25, 0.3) is 5.91 Å². The van der Waals surface area contributed by atoms with Crippen LogP contribution in [0.25, 0.3) is 0 Å². The van der Waals surface area contributed by atoms with E-state index in [0.29, 0.717) is 11.4 Å². The molecule has 21 heavy (non-hydrogen) atoms. The van der Waals surface area contributed by atoms with Gasteiger partial charge in [-0.05, 0) is 42.0 Å². The first-order chi connectivity index (χ1) is 10.0. The Kier molecular flexibility index (Phi) is 4.50. The van der Waals surface area contributed by atoms with E-state index in [0.717, 1.165) is 0 Å². The number of halogens is 1. The molecule has 5 nitrogen and oxygen atoms in total. The molecule has 1 N–H and O–H groups in total. The highest BCUT2D eigenvalue weighted by molar-refractivity contribution is 5.94. The minimum Gasteiger partial charge on any atom is -0.545 e. The van der Waals surface area contributed by atoms with Crippen LogP contribution in [-0.4, -0.2) is 18.5 Å². The van der Waals surface area contributed by atoms with Gasteiger partial charge in [-0.25, -0.2) is 4.39 Å². The third-order valence-corrected chi connectivity index (χ3v) is 2.57. The number of nitrogens with one attached hydrogen (secondary N) is 1. The lowest BCUT2D eigenvalue weighted by Gasteiger charge is -2.09. The number of ether oxygens (including phenoxy) is 1. The van der Waals surface area contributed by atoms with Crippen molar-refractivity contribution in [3.63, 3.8) is 0 Å². The van der Waals surface area contributed by atoms with E-state index in [1.807, 2.05) is 0 Å². The molecule has 2 rings (SSSR count). The second-order valence-electron chi connectivity index (χ2n) is 4.16. The molecule has 2 aromatic carbocycles. The van der Waals surface area contributed by atoms with Crippen LogP contribution in [0, 0.1) is 5.82 Å². The summed E-state index contributed by atoms with van der Waals surface area (Å²) in [5.41, 5.74) is 0.289. The summed E-state index contributed by atoms with van der Waals surface area (Å²) in [5, 5.41) is 13.2. The van der Waals surface area contributed by atoms with E-state index in [2.05, 4.69) is 5.32 Å². The second kappa shape index (κ2) is 6.51. The van der Waals surface area contributed by atoms with Gasteiger partial charge in [0, 0.05) is 5.69 Å². The number of carbonyl (C=O) groups is 2. The Morgan fingerprint density at radius 1 is 1.14 bits per heavy atom. The number of rotatable bonds is 5. The van der Waals surface area contributed by atoms with Crippen molar-refractivity contribution in [2.75, 3.05) is 11.9 Å². The van der Waals surface area contributed by atoms with Crippen LogP contribution in [0.15, 0.2) is 48.5 Å². The Hall–Kier alpha value is -2.89. The van der Waals surface area contributed by atoms with Gasteiger partial charge in [0.15, 0.2) is 6.61 Å². The van der Waals surface area contributed by atoms with Gasteiger partial charge in [-0.3, -0.25) is 4.79 Å². The number of carbonyl (C=O) groups excluding carboxylic acids is 2. The third kappa shape index (κ3) is 4.31. The number of aromatic carboxylic acids is 1. The number of hydrogen-bond donors (Lipinski definition) is 1. The molecule has 1 amide bonds. The summed E-state index contributed by atoms with van der Waals surface area (Å²) in [7, 11) is 0. The maximum Gasteiger partial charge on any atom is 0.262 e. The molecule has 0 saturated carbocycles. The van der Waals surface area contributed by atoms with Crippen molar-refractivity contribution in [3.8, 4) is 5.75 Å². The Labute approximate surface area is 120 Å². The van der Waals surface area contributed by atoms with E-state index in [4.69, 9.17) is 4.74 Å². The zero-order valence-electron chi connectivity index (χ0n) is 10.8. The van der Waals surface area contributed by atoms with Crippen LogP contribution in [-0.2, 0) is 4.79 Å². The second-order valence-corrected chi connectivity index (χ2v) is 4.16. The van der Waals surface area contributed by atoms with Gasteiger partial charge in [-0.15, -0.1) is 0 Å². The Morgan fingerprint density at radius 3 is 2.52 bits per heavy atom. The van der Waals surface area contributed by atoms with Crippen LogP contribution in [0.4, 0.5) is 10.1 Å². The Balaban J connectivity index is 1.91. The van der Waals surface area contributed by atoms with E-state index in [1.165, 1.54) is 42.5 Å². The first kappa shape index (κ1) is 14.5. The summed E-state index contributed by atoms with van der Waals surface area (Å²) in [6.45, 7) is -0.277. The fourth-order valence-electron chi connectivity index (χ4n) is 1.60. The number of amides is 1. The van der Waals surface area contributed by atoms with E-state index in [-0.39, 0.29) is 12.2 Å². The Bertz CT molecular complexity index is 655. The molecule has 0 aliphatic rings. The molecule has 0 bridgehead atoms. The van der Waals surface area contributed by atoms with Gasteiger partial charge in [0.1, 0.15) is 11.6 Å². The zero-order chi connectivity index (χ0) is 15.2. The van der Waals surface area contributed by atoms with Crippen molar-refractivity contribution in [2.45, 2.75) is 0 Å². The molecule has 0 heterocycles. The Morgan fingerprint density at radius 2 is 1.86 bits per heavy atom. The molecule has 0 aromatic heterocycles. The summed E-state index contributed by atoms with van der Waals surface area (Å²) in [4.78, 5) is 22.4. The summed E-state index contributed by atoms with van der Waals surface area (Å²) in [6.07, 6.45) is 0. The lowest BCUT2D eigenvalue weighted by Crippen LogP contribution is -2.23. The maximum atomic E-state index is 12.7. The number of hydrogen-bond acceptors (Lipinski definition) is 4. The summed E-state index contributed by atoms with van der Waals surface area (Å²) < 4.78 is 17.9. The SMILES string of the molecule is O=C(COc1ccc(F)cc1)Nc1cccc(C(=O)[O-])c1. The van der Waals surface area contributed by atoms with E-state index in [9.17, 15) is 19.1 Å². The molecule has 0 aliphatic heterocycles. The van der Waals surface area contributed by atoms with Crippen LogP contribution in [0.5, 0.6) is 5.75 Å². The summed E-state index contributed by atoms with van der Waals surface area (Å²) >= 11 is 0. The van der Waals surface area contributed by atoms with Gasteiger partial charge in [-0.1, -0.05) is 12.1 Å². The lowest BCUT2D eigenvalue weighted by atomic mass is 10.2. The van der Waals surface area contributed by atoms with E-state index >= 15 is 0 Å². The number of anilines is 1. The topological polar surface area (TPSA) is 78.5 Å². The van der Waals surface area contributed by atoms with Gasteiger partial charge < -0.3 is 20.0 Å². The zero-order valence-corrected chi connectivity index (χ0v) is 10.8. The van der Waals surface area contributed by atoms with E-state index in [1.54, 1.807) is 6.07 Å². The molecule has 0 saturated heterocycles. The molecule has 0 radical (unpaired) electrons. The minimum atomic E-state index is -1.33. The van der Waals surface area contributed by atoms with Gasteiger partial charge in [-0.2, -0.15) is 0 Å². The fraction of sp³-hybridized carbons (Fsp3) is 0.0667. The summed E-state index contributed by atoms with van der Waals surface area (Å²) in [6, 6.07) is 10.9. The molecule has 0 unspecified atom stereocenters. The fourth-order valence-corrected chi connectivity index (χ4v) is 1.60. The predicted octanol–water partition coefficient (Wildman–Crippen LogP) is 1.21. The van der Waals surface area contributed by atoms with Crippen molar-refractivity contribution in [1.82, 2.24) is 0 Å². The van der Waals surface area contributed by atoms with Crippen LogP contribution in [0.2, 0.25) is 0 Å². The maximum absolute atomic E-state index is 12.7. The quantitative estimate of drug-likeness (QED) is 0.897. The normalized spacial score (nSPS) is 9.95. The first-order valence-electron chi connectivity index (χ1n) is 6.04. The number of carboxylic acids is 1. The molecular formula is C15H11FNO4-. The highest BCUT2D eigenvalue weighted by atomic mass is 19.1. The molecule has 0 fully saturated rings. The van der Waals surface area contributed by atoms with Crippen LogP contribution in [0.1, 0.15) is 10.4 Å². The van der Waals surface area contributed by atoms with E-state index < -0.39 is 17.7 Å². The van der Waals surface area contributed by atoms with Gasteiger partial charge in [0.2, 0.25) is 0 Å². The number of carboxylic acid groups (broad SMARTS) is 1. The molecule has 2 aromatic rings. The minimum absolute atomic E-state index is 0.0350. The molecule has 0 aliphatic carbocycles. The van der Waals surface area contributed by atoms with Crippen LogP contribution >= 0.6 is 0 Å². The molecular weight excluding hydrogens is 277 g/mol. The van der Waals surface area contributed by atoms with Crippen LogP contribution < -0.4 is 15.2 Å². The smallest absolute Gasteiger partial charge is 0.262 e. The first-order valence-corrected chi connectivity index (χ1v) is 6.04. The molecule has 108 valence electrons. The van der Waals surface area contributed by atoms with Crippen molar-refractivity contribution in [2.24, 2.45) is 0 Å². The van der Waals surface area contributed by atoms with Crippen molar-refractivity contribution in [1.29, 1.82) is 0 Å². The lowest BCUT2D eigenvalue weighted by molar-refractivity contribution is -0.255. The average molecular weight is 288 g/mol. The monoisotopic (exact) mass is 288 g/mol. The summed E-state index contributed by atoms with van der Waals surface area (Å²) in [5.74, 6) is -1.83. The largest absolute Gasteiger partial charge is 0.545 e. The highest BCUT2D eigenvalue weighted by Crippen LogP contribution is 2.12. The molecule has 6 heteroatoms. The van der Waals surface area contributed by atoms with Crippen LogP contribution in [0.3, 0.4) is 0 Å². The van der Waals surface area contributed by atoms with Gasteiger partial charge >= 0.3 is 0 Å². The number of benzene rings is 2. The molecule has 0 atom stereocenters. The van der Waals surface area contributed by atoms with Crippen molar-refractivity contribution in [3.05, 3.63) is 59.9 Å². The standard InChI is InChI=1S/C15H12FNO4/c16-11-4-6-13(7-5-11)21-9-14(18)17-12-3-1-2-10(8-12)15(19)20/h1-8H,9H2,(H,17,18)(H,19,20)/p-1. The molecule has 0 spiro atoms. The van der Waals surface area contributed by atoms with Crippen molar-refractivity contribution < 1.29 is 23.8 Å². The predicted molar refractivity (Wildman–Crippen MR) is 71.3 cm³/mol. The van der Waals surface area contributed by atoms with Gasteiger partial charge in [0.05, 0.1) is 5.97 Å². The van der Waals surface area contributed by atoms with Crippen molar-refractivity contribution >= 4 is 17.6 Å².